The molecule has 2 saturated heterocycles. The minimum absolute atomic E-state index is 0.0645. The van der Waals surface area contributed by atoms with Crippen molar-refractivity contribution in [3.63, 3.8) is 0 Å². The van der Waals surface area contributed by atoms with Gasteiger partial charge in [-0.25, -0.2) is 9.97 Å². The molecule has 1 aromatic heterocycles. The number of halogens is 5. The van der Waals surface area contributed by atoms with Crippen molar-refractivity contribution in [2.24, 2.45) is 5.92 Å². The molecule has 2 fully saturated rings. The van der Waals surface area contributed by atoms with E-state index in [0.29, 0.717) is 32.0 Å². The van der Waals surface area contributed by atoms with Crippen molar-refractivity contribution < 1.29 is 26.7 Å². The molecule has 10 heteroatoms. The van der Waals surface area contributed by atoms with Gasteiger partial charge in [0.1, 0.15) is 5.82 Å². The maximum atomic E-state index is 13.4. The summed E-state index contributed by atoms with van der Waals surface area (Å²) < 4.78 is 64.3. The molecule has 3 heterocycles. The van der Waals surface area contributed by atoms with E-state index in [4.69, 9.17) is 0 Å². The number of rotatable bonds is 4. The maximum absolute atomic E-state index is 13.4. The molecule has 1 aromatic rings. The standard InChI is InChI=1S/C16H19F5N4O/c17-15(18,16(19,20)21)14-22-6-3-12(23-14)24-8-4-11(5-9-24)10-25-7-1-2-13(25)26/h3,6,11H,1-2,4-5,7-10H2. The molecular formula is C16H19F5N4O. The highest BCUT2D eigenvalue weighted by Crippen LogP contribution is 2.42. The van der Waals surface area contributed by atoms with Crippen LogP contribution < -0.4 is 4.90 Å². The van der Waals surface area contributed by atoms with Crippen LogP contribution in [-0.4, -0.2) is 53.1 Å². The number of aromatic nitrogens is 2. The van der Waals surface area contributed by atoms with Gasteiger partial charge in [-0.2, -0.15) is 22.0 Å². The summed E-state index contributed by atoms with van der Waals surface area (Å²) in [5, 5.41) is 0. The van der Waals surface area contributed by atoms with E-state index in [9.17, 15) is 26.7 Å². The van der Waals surface area contributed by atoms with Gasteiger partial charge in [0.25, 0.3) is 0 Å². The number of nitrogens with zero attached hydrogens (tertiary/aromatic N) is 4. The monoisotopic (exact) mass is 378 g/mol. The second kappa shape index (κ2) is 6.96. The topological polar surface area (TPSA) is 49.3 Å². The molecule has 3 rings (SSSR count). The number of carbonyl (C=O) groups excluding carboxylic acids is 1. The minimum atomic E-state index is -5.74. The van der Waals surface area contributed by atoms with E-state index in [0.717, 1.165) is 32.0 Å². The van der Waals surface area contributed by atoms with Crippen LogP contribution in [0, 0.1) is 5.92 Å². The molecule has 144 valence electrons. The van der Waals surface area contributed by atoms with Gasteiger partial charge in [0, 0.05) is 38.8 Å². The van der Waals surface area contributed by atoms with E-state index in [1.165, 1.54) is 6.07 Å². The fraction of sp³-hybridized carbons (Fsp3) is 0.688. The van der Waals surface area contributed by atoms with E-state index >= 15 is 0 Å². The summed E-state index contributed by atoms with van der Waals surface area (Å²) in [5.74, 6) is -6.10. The van der Waals surface area contributed by atoms with Crippen molar-refractivity contribution in [3.8, 4) is 0 Å². The molecule has 26 heavy (non-hydrogen) atoms. The Balaban J connectivity index is 1.63. The van der Waals surface area contributed by atoms with Crippen molar-refractivity contribution in [1.29, 1.82) is 0 Å². The van der Waals surface area contributed by atoms with Crippen molar-refractivity contribution in [1.82, 2.24) is 14.9 Å². The van der Waals surface area contributed by atoms with Crippen LogP contribution in [0.15, 0.2) is 12.3 Å². The minimum Gasteiger partial charge on any atom is -0.356 e. The summed E-state index contributed by atoms with van der Waals surface area (Å²) in [5.41, 5.74) is 0. The van der Waals surface area contributed by atoms with Crippen LogP contribution in [0.3, 0.4) is 0 Å². The zero-order valence-corrected chi connectivity index (χ0v) is 14.0. The molecule has 0 aliphatic carbocycles. The molecule has 1 amide bonds. The largest absolute Gasteiger partial charge is 0.461 e. The molecule has 0 N–H and O–H groups in total. The van der Waals surface area contributed by atoms with Crippen LogP contribution in [0.2, 0.25) is 0 Å². The lowest BCUT2D eigenvalue weighted by atomic mass is 9.96. The molecule has 0 atom stereocenters. The van der Waals surface area contributed by atoms with Gasteiger partial charge in [0.05, 0.1) is 0 Å². The first kappa shape index (κ1) is 18.8. The van der Waals surface area contributed by atoms with Crippen LogP contribution >= 0.6 is 0 Å². The molecule has 2 aliphatic heterocycles. The van der Waals surface area contributed by atoms with Gasteiger partial charge in [-0.3, -0.25) is 4.79 Å². The van der Waals surface area contributed by atoms with Gasteiger partial charge >= 0.3 is 12.1 Å². The van der Waals surface area contributed by atoms with E-state index in [1.807, 2.05) is 4.90 Å². The predicted molar refractivity (Wildman–Crippen MR) is 82.7 cm³/mol. The summed E-state index contributed by atoms with van der Waals surface area (Å²) in [6, 6.07) is 1.33. The van der Waals surface area contributed by atoms with Gasteiger partial charge in [-0.15, -0.1) is 0 Å². The molecule has 5 nitrogen and oxygen atoms in total. The normalized spacial score (nSPS) is 20.1. The Kier molecular flexibility index (Phi) is 5.03. The SMILES string of the molecule is O=C1CCCN1CC1CCN(c2ccnc(C(F)(F)C(F)(F)F)n2)CC1. The van der Waals surface area contributed by atoms with Gasteiger partial charge < -0.3 is 9.80 Å². The quantitative estimate of drug-likeness (QED) is 0.756. The van der Waals surface area contributed by atoms with E-state index < -0.39 is 17.9 Å². The number of hydrogen-bond donors (Lipinski definition) is 0. The second-order valence-electron chi connectivity index (χ2n) is 6.68. The molecule has 0 bridgehead atoms. The Morgan fingerprint density at radius 3 is 2.38 bits per heavy atom. The highest BCUT2D eigenvalue weighted by atomic mass is 19.4. The third-order valence-electron chi connectivity index (χ3n) is 4.87. The van der Waals surface area contributed by atoms with Crippen molar-refractivity contribution in [3.05, 3.63) is 18.1 Å². The summed E-state index contributed by atoms with van der Waals surface area (Å²) >= 11 is 0. The first-order chi connectivity index (χ1) is 12.2. The lowest BCUT2D eigenvalue weighted by Crippen LogP contribution is -2.40. The average Bonchev–Trinajstić information content (AvgIpc) is 2.99. The third kappa shape index (κ3) is 3.73. The van der Waals surface area contributed by atoms with Crippen molar-refractivity contribution >= 4 is 11.7 Å². The van der Waals surface area contributed by atoms with Gasteiger partial charge in [0.15, 0.2) is 0 Å². The summed E-state index contributed by atoms with van der Waals surface area (Å²) in [7, 11) is 0. The number of anilines is 1. The Morgan fingerprint density at radius 2 is 1.81 bits per heavy atom. The number of alkyl halides is 5. The Bertz CT molecular complexity index is 658. The third-order valence-corrected chi connectivity index (χ3v) is 4.87. The first-order valence-corrected chi connectivity index (χ1v) is 8.49. The smallest absolute Gasteiger partial charge is 0.356 e. The number of hydrogen-bond acceptors (Lipinski definition) is 4. The van der Waals surface area contributed by atoms with Gasteiger partial charge in [-0.1, -0.05) is 0 Å². The zero-order chi connectivity index (χ0) is 18.9. The number of piperidine rings is 1. The Labute approximate surface area is 147 Å². The summed E-state index contributed by atoms with van der Waals surface area (Å²) in [6.45, 7) is 2.41. The molecule has 0 radical (unpaired) electrons. The van der Waals surface area contributed by atoms with E-state index in [1.54, 1.807) is 4.90 Å². The summed E-state index contributed by atoms with van der Waals surface area (Å²) in [6.07, 6.45) is -1.92. The predicted octanol–water partition coefficient (Wildman–Crippen LogP) is 2.97. The van der Waals surface area contributed by atoms with Crippen LogP contribution in [-0.2, 0) is 10.7 Å². The number of amides is 1. The van der Waals surface area contributed by atoms with Crippen molar-refractivity contribution in [2.45, 2.75) is 37.8 Å². The Hall–Kier alpha value is -2.00. The zero-order valence-electron chi connectivity index (χ0n) is 14.0. The lowest BCUT2D eigenvalue weighted by Gasteiger charge is -2.34. The number of carbonyl (C=O) groups is 1. The van der Waals surface area contributed by atoms with Crippen LogP contribution in [0.25, 0.3) is 0 Å². The number of likely N-dealkylation sites (tertiary alicyclic amines) is 1. The van der Waals surface area contributed by atoms with E-state index in [2.05, 4.69) is 9.97 Å². The Morgan fingerprint density at radius 1 is 1.12 bits per heavy atom. The van der Waals surface area contributed by atoms with E-state index in [-0.39, 0.29) is 11.7 Å². The first-order valence-electron chi connectivity index (χ1n) is 8.49. The lowest BCUT2D eigenvalue weighted by molar-refractivity contribution is -0.292. The fourth-order valence-electron chi connectivity index (χ4n) is 3.36. The van der Waals surface area contributed by atoms with Crippen LogP contribution in [0.1, 0.15) is 31.5 Å². The summed E-state index contributed by atoms with van der Waals surface area (Å²) in [4.78, 5) is 21.8. The van der Waals surface area contributed by atoms with Crippen molar-refractivity contribution in [2.75, 3.05) is 31.1 Å². The second-order valence-corrected chi connectivity index (χ2v) is 6.68. The fourth-order valence-corrected chi connectivity index (χ4v) is 3.36. The van der Waals surface area contributed by atoms with Crippen LogP contribution in [0.4, 0.5) is 27.8 Å². The highest BCUT2D eigenvalue weighted by Gasteiger charge is 2.61. The molecular weight excluding hydrogens is 359 g/mol. The van der Waals surface area contributed by atoms with Gasteiger partial charge in [-0.05, 0) is 31.2 Å². The average molecular weight is 378 g/mol. The maximum Gasteiger partial charge on any atom is 0.461 e. The molecule has 0 saturated carbocycles. The highest BCUT2D eigenvalue weighted by molar-refractivity contribution is 5.78. The molecule has 0 aromatic carbocycles. The van der Waals surface area contributed by atoms with Gasteiger partial charge in [0.2, 0.25) is 11.7 Å². The molecule has 2 aliphatic rings. The molecule has 0 spiro atoms. The van der Waals surface area contributed by atoms with Crippen LogP contribution in [0.5, 0.6) is 0 Å². The molecule has 0 unspecified atom stereocenters.